The summed E-state index contributed by atoms with van der Waals surface area (Å²) in [5.41, 5.74) is 9.72. The number of rotatable bonds is 6. The Hall–Kier alpha value is -6.78. The number of furan rings is 1. The topological polar surface area (TPSA) is 152 Å². The standard InChI is InChI=1S/C46H43N7O6/c1-27-19-34-38(52(3)46(27)57)21-31(29-12-17-58-18-13-29)22-39(34)53-16-15-51(2)40-23-37(49-25-41(40)53)30-7-9-36(48-24-30)45(56)47-14-4-5-28-6-10-42-33(20-28)35(26-59-42)32-8-11-43(54)50-44(32)55/h6-7,9-10,19-26,29,32H,8,11-18H2,1-3H3,(H,47,56)(H,50,54,55). The van der Waals surface area contributed by atoms with E-state index in [4.69, 9.17) is 14.1 Å². The van der Waals surface area contributed by atoms with Crippen molar-refractivity contribution < 1.29 is 23.5 Å². The molecule has 9 rings (SSSR count). The molecule has 2 saturated heterocycles. The normalized spacial score (nSPS) is 17.1. The predicted molar refractivity (Wildman–Crippen MR) is 225 cm³/mol. The number of ether oxygens (including phenoxy) is 1. The lowest BCUT2D eigenvalue weighted by Gasteiger charge is -2.38. The molecule has 13 nitrogen and oxygen atoms in total. The van der Waals surface area contributed by atoms with Crippen molar-refractivity contribution in [2.75, 3.05) is 49.7 Å². The van der Waals surface area contributed by atoms with E-state index in [1.54, 1.807) is 29.2 Å². The second-order valence-electron chi connectivity index (χ2n) is 15.5. The van der Waals surface area contributed by atoms with Gasteiger partial charge in [-0.15, -0.1) is 0 Å². The van der Waals surface area contributed by atoms with Crippen molar-refractivity contribution in [2.24, 2.45) is 7.05 Å². The van der Waals surface area contributed by atoms with Crippen LogP contribution in [0.5, 0.6) is 0 Å². The van der Waals surface area contributed by atoms with Gasteiger partial charge in [0.1, 0.15) is 11.3 Å². The lowest BCUT2D eigenvalue weighted by Crippen LogP contribution is -2.39. The number of nitrogens with one attached hydrogen (secondary N) is 2. The molecule has 1 unspecified atom stereocenters. The number of carbonyl (C=O) groups is 3. The third-order valence-corrected chi connectivity index (χ3v) is 11.8. The van der Waals surface area contributed by atoms with E-state index in [-0.39, 0.29) is 41.9 Å². The third-order valence-electron chi connectivity index (χ3n) is 11.8. The Morgan fingerprint density at radius 1 is 0.915 bits per heavy atom. The first-order valence-electron chi connectivity index (χ1n) is 19.9. The van der Waals surface area contributed by atoms with Gasteiger partial charge in [-0.2, -0.15) is 0 Å². The van der Waals surface area contributed by atoms with Crippen molar-refractivity contribution in [1.82, 2.24) is 25.2 Å². The number of benzene rings is 2. The lowest BCUT2D eigenvalue weighted by atomic mass is 9.90. The lowest BCUT2D eigenvalue weighted by molar-refractivity contribution is -0.134. The van der Waals surface area contributed by atoms with Crippen LogP contribution in [0.3, 0.4) is 0 Å². The minimum absolute atomic E-state index is 0.00727. The monoisotopic (exact) mass is 789 g/mol. The van der Waals surface area contributed by atoms with E-state index in [1.165, 1.54) is 5.56 Å². The molecule has 59 heavy (non-hydrogen) atoms. The van der Waals surface area contributed by atoms with Gasteiger partial charge >= 0.3 is 0 Å². The fourth-order valence-corrected chi connectivity index (χ4v) is 8.49. The molecule has 4 aromatic heterocycles. The molecule has 7 heterocycles. The number of fused-ring (bicyclic) bond motifs is 3. The first kappa shape index (κ1) is 37.8. The maximum absolute atomic E-state index is 13.1. The molecule has 0 aliphatic carbocycles. The largest absolute Gasteiger partial charge is 0.464 e. The Balaban J connectivity index is 0.914. The Morgan fingerprint density at radius 2 is 1.76 bits per heavy atom. The number of pyridine rings is 3. The Kier molecular flexibility index (Phi) is 9.94. The number of nitrogens with zero attached hydrogens (tertiary/aromatic N) is 5. The van der Waals surface area contributed by atoms with Gasteiger partial charge in [-0.1, -0.05) is 11.8 Å². The first-order chi connectivity index (χ1) is 28.6. The van der Waals surface area contributed by atoms with Crippen molar-refractivity contribution in [1.29, 1.82) is 0 Å². The van der Waals surface area contributed by atoms with Crippen LogP contribution < -0.4 is 26.0 Å². The summed E-state index contributed by atoms with van der Waals surface area (Å²) >= 11 is 0. The predicted octanol–water partition coefficient (Wildman–Crippen LogP) is 5.83. The molecular weight excluding hydrogens is 747 g/mol. The van der Waals surface area contributed by atoms with Gasteiger partial charge in [-0.25, -0.2) is 0 Å². The maximum Gasteiger partial charge on any atom is 0.270 e. The molecule has 1 atom stereocenters. The van der Waals surface area contributed by atoms with Crippen molar-refractivity contribution in [2.45, 2.75) is 44.4 Å². The number of piperidine rings is 1. The molecule has 0 spiro atoms. The highest BCUT2D eigenvalue weighted by molar-refractivity contribution is 6.03. The Morgan fingerprint density at radius 3 is 2.56 bits per heavy atom. The molecule has 0 radical (unpaired) electrons. The molecule has 0 saturated carbocycles. The summed E-state index contributed by atoms with van der Waals surface area (Å²) in [6.45, 7) is 4.96. The van der Waals surface area contributed by atoms with Gasteiger partial charge in [-0.05, 0) is 92.3 Å². The summed E-state index contributed by atoms with van der Waals surface area (Å²) < 4.78 is 13.1. The summed E-state index contributed by atoms with van der Waals surface area (Å²) in [4.78, 5) is 64.1. The van der Waals surface area contributed by atoms with Crippen LogP contribution in [0.25, 0.3) is 33.1 Å². The Labute approximate surface area is 340 Å². The van der Waals surface area contributed by atoms with Gasteiger partial charge in [0.25, 0.3) is 11.5 Å². The van der Waals surface area contributed by atoms with E-state index in [0.29, 0.717) is 29.0 Å². The number of aromatic nitrogens is 3. The maximum atomic E-state index is 13.1. The van der Waals surface area contributed by atoms with Crippen LogP contribution in [0.4, 0.5) is 17.1 Å². The van der Waals surface area contributed by atoms with Crippen LogP contribution in [0.2, 0.25) is 0 Å². The number of imide groups is 1. The van der Waals surface area contributed by atoms with E-state index in [9.17, 15) is 19.2 Å². The van der Waals surface area contributed by atoms with Crippen molar-refractivity contribution in [3.8, 4) is 23.1 Å². The van der Waals surface area contributed by atoms with Crippen molar-refractivity contribution in [3.05, 3.63) is 112 Å². The number of hydrogen-bond donors (Lipinski definition) is 2. The zero-order valence-corrected chi connectivity index (χ0v) is 33.1. The van der Waals surface area contributed by atoms with Gasteiger partial charge in [0.05, 0.1) is 53.2 Å². The quantitative estimate of drug-likeness (QED) is 0.156. The smallest absolute Gasteiger partial charge is 0.270 e. The molecule has 2 fully saturated rings. The fourth-order valence-electron chi connectivity index (χ4n) is 8.49. The number of anilines is 3. The zero-order chi connectivity index (χ0) is 40.8. The van der Waals surface area contributed by atoms with E-state index >= 15 is 0 Å². The number of likely N-dealkylation sites (N-methyl/N-ethyl adjacent to an activating group) is 1. The average molecular weight is 790 g/mol. The van der Waals surface area contributed by atoms with E-state index in [0.717, 1.165) is 89.3 Å². The highest BCUT2D eigenvalue weighted by Gasteiger charge is 2.31. The van der Waals surface area contributed by atoms with Crippen LogP contribution >= 0.6 is 0 Å². The van der Waals surface area contributed by atoms with Crippen LogP contribution in [0, 0.1) is 18.8 Å². The molecule has 13 heteroatoms. The summed E-state index contributed by atoms with van der Waals surface area (Å²) in [5.74, 6) is 5.00. The highest BCUT2D eigenvalue weighted by atomic mass is 16.5. The molecule has 2 N–H and O–H groups in total. The van der Waals surface area contributed by atoms with E-state index < -0.39 is 5.92 Å². The molecule has 3 aliphatic heterocycles. The second kappa shape index (κ2) is 15.5. The average Bonchev–Trinajstić information content (AvgIpc) is 3.67. The zero-order valence-electron chi connectivity index (χ0n) is 33.1. The van der Waals surface area contributed by atoms with E-state index in [1.807, 2.05) is 44.4 Å². The number of carbonyl (C=O) groups excluding carboxylic acids is 3. The van der Waals surface area contributed by atoms with Crippen molar-refractivity contribution in [3.63, 3.8) is 0 Å². The van der Waals surface area contributed by atoms with Crippen LogP contribution in [-0.2, 0) is 21.4 Å². The van der Waals surface area contributed by atoms with Crippen LogP contribution in [-0.4, -0.2) is 72.2 Å². The fraction of sp³-hybridized carbons (Fsp3) is 0.304. The van der Waals surface area contributed by atoms with Crippen molar-refractivity contribution >= 4 is 56.7 Å². The van der Waals surface area contributed by atoms with Gasteiger partial charge in [-0.3, -0.25) is 34.5 Å². The summed E-state index contributed by atoms with van der Waals surface area (Å²) in [6, 6.07) is 17.6. The van der Waals surface area contributed by atoms with Crippen LogP contribution in [0.15, 0.2) is 82.5 Å². The second-order valence-corrected chi connectivity index (χ2v) is 15.5. The molecule has 298 valence electrons. The summed E-state index contributed by atoms with van der Waals surface area (Å²) in [5, 5.41) is 7.02. The van der Waals surface area contributed by atoms with E-state index in [2.05, 4.69) is 62.5 Å². The summed E-state index contributed by atoms with van der Waals surface area (Å²) in [6.07, 6.45) is 7.72. The number of amides is 3. The minimum atomic E-state index is -0.467. The molecule has 2 aromatic carbocycles. The molecule has 6 aromatic rings. The molecule has 0 bridgehead atoms. The Bertz CT molecular complexity index is 2790. The van der Waals surface area contributed by atoms with Crippen LogP contribution in [0.1, 0.15) is 70.3 Å². The van der Waals surface area contributed by atoms with Gasteiger partial charge in [0.15, 0.2) is 0 Å². The molecule has 3 amide bonds. The SMILES string of the molecule is Cc1cc2c(N3CCN(C)c4cc(-c5ccc(C(=O)NCC#Cc6ccc7occ(C8CCC(=O)NC8=O)c7c6)nc5)ncc43)cc(C3CCOCC3)cc2n(C)c1=O. The number of hydrogen-bond acceptors (Lipinski definition) is 10. The molecular formula is C46H43N7O6. The summed E-state index contributed by atoms with van der Waals surface area (Å²) in [7, 11) is 3.93. The number of aryl methyl sites for hydroxylation is 2. The molecule has 3 aliphatic rings. The third kappa shape index (κ3) is 7.21. The first-order valence-corrected chi connectivity index (χ1v) is 19.9. The minimum Gasteiger partial charge on any atom is -0.464 e. The van der Waals surface area contributed by atoms with Gasteiger partial charge in [0, 0.05) is 86.0 Å². The van der Waals surface area contributed by atoms with Gasteiger partial charge in [0.2, 0.25) is 11.8 Å². The highest BCUT2D eigenvalue weighted by Crippen LogP contribution is 2.43. The van der Waals surface area contributed by atoms with Gasteiger partial charge < -0.3 is 28.8 Å².